The van der Waals surface area contributed by atoms with E-state index in [0.717, 1.165) is 38.3 Å². The van der Waals surface area contributed by atoms with Gasteiger partial charge in [-0.15, -0.1) is 0 Å². The Morgan fingerprint density at radius 2 is 1.67 bits per heavy atom. The summed E-state index contributed by atoms with van der Waals surface area (Å²) in [5.74, 6) is 1.00. The van der Waals surface area contributed by atoms with E-state index in [9.17, 15) is 0 Å². The smallest absolute Gasteiger partial charge is 0.123 e. The molecule has 0 atom stereocenters. The summed E-state index contributed by atoms with van der Waals surface area (Å²) in [7, 11) is 0. The van der Waals surface area contributed by atoms with Crippen molar-refractivity contribution in [1.82, 2.24) is 5.32 Å². The van der Waals surface area contributed by atoms with E-state index >= 15 is 0 Å². The van der Waals surface area contributed by atoms with Crippen molar-refractivity contribution in [2.24, 2.45) is 0 Å². The Hall–Kier alpha value is -1.80. The molecule has 0 bridgehead atoms. The quantitative estimate of drug-likeness (QED) is 0.736. The van der Waals surface area contributed by atoms with Gasteiger partial charge in [0.1, 0.15) is 5.75 Å². The second-order valence-corrected chi connectivity index (χ2v) is 5.31. The van der Waals surface area contributed by atoms with Gasteiger partial charge in [0.2, 0.25) is 0 Å². The van der Waals surface area contributed by atoms with E-state index in [-0.39, 0.29) is 0 Å². The summed E-state index contributed by atoms with van der Waals surface area (Å²) >= 11 is 0. The third-order valence-electron chi connectivity index (χ3n) is 3.58. The lowest BCUT2D eigenvalue weighted by molar-refractivity contribution is 0.313. The molecular formula is C19H25NO. The van der Waals surface area contributed by atoms with E-state index in [2.05, 4.69) is 55.6 Å². The first-order valence-electron chi connectivity index (χ1n) is 7.77. The third-order valence-corrected chi connectivity index (χ3v) is 3.58. The van der Waals surface area contributed by atoms with E-state index < -0.39 is 0 Å². The van der Waals surface area contributed by atoms with Gasteiger partial charge in [0.05, 0.1) is 6.61 Å². The monoisotopic (exact) mass is 283 g/mol. The Morgan fingerprint density at radius 1 is 0.952 bits per heavy atom. The summed E-state index contributed by atoms with van der Waals surface area (Å²) in [6.07, 6.45) is 2.10. The van der Waals surface area contributed by atoms with Crippen molar-refractivity contribution in [3.8, 4) is 5.75 Å². The highest BCUT2D eigenvalue weighted by atomic mass is 16.5. The molecule has 0 aliphatic carbocycles. The molecule has 0 saturated carbocycles. The molecule has 0 aliphatic rings. The molecule has 2 aromatic rings. The summed E-state index contributed by atoms with van der Waals surface area (Å²) in [4.78, 5) is 0. The molecule has 0 unspecified atom stereocenters. The highest BCUT2D eigenvalue weighted by Gasteiger charge is 2.02. The number of nitrogens with one attached hydrogen (secondary N) is 1. The largest absolute Gasteiger partial charge is 0.493 e. The number of hydrogen-bond donors (Lipinski definition) is 1. The van der Waals surface area contributed by atoms with Gasteiger partial charge in [-0.1, -0.05) is 49.4 Å². The number of rotatable bonds is 8. The predicted molar refractivity (Wildman–Crippen MR) is 88.8 cm³/mol. The zero-order valence-corrected chi connectivity index (χ0v) is 13.1. The second-order valence-electron chi connectivity index (χ2n) is 5.31. The molecule has 112 valence electrons. The average molecular weight is 283 g/mol. The van der Waals surface area contributed by atoms with Crippen LogP contribution in [0, 0.1) is 6.92 Å². The molecule has 2 heteroatoms. The number of hydrogen-bond acceptors (Lipinski definition) is 2. The van der Waals surface area contributed by atoms with Gasteiger partial charge in [0, 0.05) is 12.1 Å². The van der Waals surface area contributed by atoms with Crippen LogP contribution in [0.15, 0.2) is 48.5 Å². The Balaban J connectivity index is 1.82. The van der Waals surface area contributed by atoms with Crippen molar-refractivity contribution in [1.29, 1.82) is 0 Å². The second kappa shape index (κ2) is 8.48. The average Bonchev–Trinajstić information content (AvgIpc) is 2.52. The van der Waals surface area contributed by atoms with E-state index in [1.165, 1.54) is 16.7 Å². The minimum atomic E-state index is 0.778. The fourth-order valence-corrected chi connectivity index (χ4v) is 2.34. The van der Waals surface area contributed by atoms with Gasteiger partial charge in [0.15, 0.2) is 0 Å². The molecule has 0 amide bonds. The predicted octanol–water partition coefficient (Wildman–Crippen LogP) is 4.12. The van der Waals surface area contributed by atoms with Gasteiger partial charge < -0.3 is 10.1 Å². The molecule has 0 radical (unpaired) electrons. The maximum atomic E-state index is 5.78. The van der Waals surface area contributed by atoms with Crippen LogP contribution in [-0.4, -0.2) is 13.2 Å². The Morgan fingerprint density at radius 3 is 2.43 bits per heavy atom. The standard InChI is InChI=1S/C19H25NO/c1-3-14-21-19-11-7-6-10-18(19)15-20-13-12-17-9-5-4-8-16(17)2/h4-11,20H,3,12-15H2,1-2H3. The highest BCUT2D eigenvalue weighted by Crippen LogP contribution is 2.17. The van der Waals surface area contributed by atoms with Gasteiger partial charge in [-0.3, -0.25) is 0 Å². The van der Waals surface area contributed by atoms with Crippen LogP contribution in [0.1, 0.15) is 30.0 Å². The van der Waals surface area contributed by atoms with Crippen molar-refractivity contribution in [2.75, 3.05) is 13.2 Å². The fourth-order valence-electron chi connectivity index (χ4n) is 2.34. The Kier molecular flexibility index (Phi) is 6.29. The molecule has 2 nitrogen and oxygen atoms in total. The molecule has 0 aliphatic heterocycles. The number of ether oxygens (including phenoxy) is 1. The minimum absolute atomic E-state index is 0.778. The Labute approximate surface area is 128 Å². The van der Waals surface area contributed by atoms with Crippen LogP contribution in [0.4, 0.5) is 0 Å². The Bertz CT molecular complexity index is 551. The van der Waals surface area contributed by atoms with Crippen molar-refractivity contribution >= 4 is 0 Å². The van der Waals surface area contributed by atoms with E-state index in [1.54, 1.807) is 0 Å². The topological polar surface area (TPSA) is 21.3 Å². The first kappa shape index (κ1) is 15.6. The van der Waals surface area contributed by atoms with Crippen LogP contribution in [0.5, 0.6) is 5.75 Å². The molecular weight excluding hydrogens is 258 g/mol. The van der Waals surface area contributed by atoms with Crippen molar-refractivity contribution < 1.29 is 4.74 Å². The summed E-state index contributed by atoms with van der Waals surface area (Å²) in [5, 5.41) is 3.51. The molecule has 0 fully saturated rings. The first-order valence-corrected chi connectivity index (χ1v) is 7.77. The fraction of sp³-hybridized carbons (Fsp3) is 0.368. The van der Waals surface area contributed by atoms with E-state index in [4.69, 9.17) is 4.74 Å². The van der Waals surface area contributed by atoms with Gasteiger partial charge in [-0.25, -0.2) is 0 Å². The maximum absolute atomic E-state index is 5.78. The highest BCUT2D eigenvalue weighted by molar-refractivity contribution is 5.33. The van der Waals surface area contributed by atoms with Crippen LogP contribution in [0.3, 0.4) is 0 Å². The van der Waals surface area contributed by atoms with Crippen LogP contribution >= 0.6 is 0 Å². The molecule has 0 heterocycles. The van der Waals surface area contributed by atoms with Gasteiger partial charge in [0.25, 0.3) is 0 Å². The molecule has 0 aromatic heterocycles. The third kappa shape index (κ3) is 4.91. The molecule has 1 N–H and O–H groups in total. The minimum Gasteiger partial charge on any atom is -0.493 e. The number of aryl methyl sites for hydroxylation is 1. The van der Waals surface area contributed by atoms with Gasteiger partial charge >= 0.3 is 0 Å². The molecule has 2 aromatic carbocycles. The molecule has 0 saturated heterocycles. The summed E-state index contributed by atoms with van der Waals surface area (Å²) < 4.78 is 5.78. The van der Waals surface area contributed by atoms with E-state index in [0.29, 0.717) is 0 Å². The lowest BCUT2D eigenvalue weighted by Gasteiger charge is -2.12. The van der Waals surface area contributed by atoms with E-state index in [1.807, 2.05) is 12.1 Å². The van der Waals surface area contributed by atoms with Crippen molar-refractivity contribution in [3.05, 3.63) is 65.2 Å². The summed E-state index contributed by atoms with van der Waals surface area (Å²) in [5.41, 5.74) is 4.02. The molecule has 2 rings (SSSR count). The normalized spacial score (nSPS) is 10.6. The zero-order valence-electron chi connectivity index (χ0n) is 13.1. The first-order chi connectivity index (χ1) is 10.3. The summed E-state index contributed by atoms with van der Waals surface area (Å²) in [6, 6.07) is 16.8. The lowest BCUT2D eigenvalue weighted by Crippen LogP contribution is -2.17. The number of benzene rings is 2. The number of para-hydroxylation sites is 1. The van der Waals surface area contributed by atoms with Crippen LogP contribution in [0.25, 0.3) is 0 Å². The van der Waals surface area contributed by atoms with Crippen LogP contribution in [-0.2, 0) is 13.0 Å². The zero-order chi connectivity index (χ0) is 14.9. The van der Waals surface area contributed by atoms with Crippen molar-refractivity contribution in [2.45, 2.75) is 33.2 Å². The molecule has 21 heavy (non-hydrogen) atoms. The molecule has 0 spiro atoms. The van der Waals surface area contributed by atoms with Crippen LogP contribution in [0.2, 0.25) is 0 Å². The van der Waals surface area contributed by atoms with Gasteiger partial charge in [-0.05, 0) is 43.5 Å². The van der Waals surface area contributed by atoms with Crippen molar-refractivity contribution in [3.63, 3.8) is 0 Å². The van der Waals surface area contributed by atoms with Gasteiger partial charge in [-0.2, -0.15) is 0 Å². The summed E-state index contributed by atoms with van der Waals surface area (Å²) in [6.45, 7) is 6.91. The maximum Gasteiger partial charge on any atom is 0.123 e. The lowest BCUT2D eigenvalue weighted by atomic mass is 10.1. The SMILES string of the molecule is CCCOc1ccccc1CNCCc1ccccc1C. The van der Waals surface area contributed by atoms with Crippen LogP contribution < -0.4 is 10.1 Å².